The molecule has 2 fully saturated rings. The molecular formula is C7H10BO2S. The van der Waals surface area contributed by atoms with Gasteiger partial charge >= 0.3 is 5.97 Å². The molecular weight excluding hydrogens is 159 g/mol. The Kier molecular flexibility index (Phi) is 2.12. The first kappa shape index (κ1) is 7.53. The molecule has 2 atom stereocenters. The molecule has 0 aromatic rings. The van der Waals surface area contributed by atoms with Crippen molar-refractivity contribution in [2.75, 3.05) is 12.4 Å². The summed E-state index contributed by atoms with van der Waals surface area (Å²) in [6.07, 6.45) is 2.16. The number of hydrogen-bond acceptors (Lipinski definition) is 3. The van der Waals surface area contributed by atoms with Gasteiger partial charge in [-0.2, -0.15) is 11.8 Å². The van der Waals surface area contributed by atoms with Gasteiger partial charge in [-0.1, -0.05) is 6.32 Å². The summed E-state index contributed by atoms with van der Waals surface area (Å²) in [5.74, 6) is 1.16. The van der Waals surface area contributed by atoms with Gasteiger partial charge in [0.25, 0.3) is 0 Å². The number of carbonyl (C=O) groups is 1. The number of carbonyl (C=O) groups excluding carboxylic acids is 1. The van der Waals surface area contributed by atoms with Gasteiger partial charge in [-0.3, -0.25) is 4.79 Å². The SMILES string of the molecule is O=C1OCCC1CSC1[B]C1. The third-order valence-electron chi connectivity index (χ3n) is 1.98. The zero-order valence-electron chi connectivity index (χ0n) is 6.29. The lowest BCUT2D eigenvalue weighted by Gasteiger charge is -2.02. The fraction of sp³-hybridized carbons (Fsp3) is 0.857. The topological polar surface area (TPSA) is 26.3 Å². The van der Waals surface area contributed by atoms with Crippen LogP contribution in [0.2, 0.25) is 6.32 Å². The van der Waals surface area contributed by atoms with E-state index in [1.807, 2.05) is 11.8 Å². The molecule has 0 aromatic carbocycles. The van der Waals surface area contributed by atoms with Crippen LogP contribution >= 0.6 is 11.8 Å². The molecule has 11 heavy (non-hydrogen) atoms. The molecule has 0 N–H and O–H groups in total. The normalized spacial score (nSPS) is 34.7. The van der Waals surface area contributed by atoms with E-state index < -0.39 is 0 Å². The van der Waals surface area contributed by atoms with E-state index >= 15 is 0 Å². The van der Waals surface area contributed by atoms with Gasteiger partial charge in [0, 0.05) is 5.75 Å². The van der Waals surface area contributed by atoms with Gasteiger partial charge < -0.3 is 4.74 Å². The zero-order valence-corrected chi connectivity index (χ0v) is 7.10. The Labute approximate surface area is 71.3 Å². The Morgan fingerprint density at radius 1 is 1.73 bits per heavy atom. The van der Waals surface area contributed by atoms with E-state index in [0.717, 1.165) is 17.3 Å². The maximum Gasteiger partial charge on any atom is 0.309 e. The van der Waals surface area contributed by atoms with E-state index in [2.05, 4.69) is 7.28 Å². The van der Waals surface area contributed by atoms with E-state index in [1.165, 1.54) is 6.32 Å². The third kappa shape index (κ3) is 1.92. The lowest BCUT2D eigenvalue weighted by atomic mass is 10.1. The summed E-state index contributed by atoms with van der Waals surface area (Å²) in [6.45, 7) is 0.637. The monoisotopic (exact) mass is 169 g/mol. The molecule has 0 amide bonds. The van der Waals surface area contributed by atoms with Crippen LogP contribution in [-0.4, -0.2) is 30.8 Å². The molecule has 4 heteroatoms. The van der Waals surface area contributed by atoms with Gasteiger partial charge in [-0.15, -0.1) is 0 Å². The van der Waals surface area contributed by atoms with Gasteiger partial charge in [0.05, 0.1) is 12.5 Å². The van der Waals surface area contributed by atoms with Crippen molar-refractivity contribution < 1.29 is 9.53 Å². The van der Waals surface area contributed by atoms with Crippen LogP contribution in [0.1, 0.15) is 6.42 Å². The minimum Gasteiger partial charge on any atom is -0.465 e. The summed E-state index contributed by atoms with van der Waals surface area (Å²) >= 11 is 1.89. The molecule has 2 saturated heterocycles. The lowest BCUT2D eigenvalue weighted by Crippen LogP contribution is -2.10. The molecule has 0 bridgehead atoms. The van der Waals surface area contributed by atoms with Crippen molar-refractivity contribution in [2.45, 2.75) is 17.9 Å². The van der Waals surface area contributed by atoms with E-state index in [4.69, 9.17) is 4.74 Å². The summed E-state index contributed by atoms with van der Waals surface area (Å²) < 4.78 is 4.86. The molecule has 2 rings (SSSR count). The Hall–Kier alpha value is -0.115. The average molecular weight is 169 g/mol. The highest BCUT2D eigenvalue weighted by atomic mass is 32.2. The van der Waals surface area contributed by atoms with Crippen LogP contribution in [0.3, 0.4) is 0 Å². The highest BCUT2D eigenvalue weighted by Crippen LogP contribution is 2.30. The number of hydrogen-bond donors (Lipinski definition) is 0. The van der Waals surface area contributed by atoms with E-state index in [9.17, 15) is 4.79 Å². The zero-order chi connectivity index (χ0) is 7.68. The van der Waals surface area contributed by atoms with Crippen LogP contribution in [0.5, 0.6) is 0 Å². The highest BCUT2D eigenvalue weighted by molar-refractivity contribution is 8.02. The van der Waals surface area contributed by atoms with E-state index in [1.54, 1.807) is 0 Å². The number of rotatable bonds is 3. The maximum absolute atomic E-state index is 11.0. The van der Waals surface area contributed by atoms with Crippen LogP contribution < -0.4 is 0 Å². The maximum atomic E-state index is 11.0. The molecule has 0 aromatic heterocycles. The standard InChI is InChI=1S/C7H10BO2S/c9-7-5(1-2-10-7)4-11-6-3-8-6/h5-6H,1-4H2. The molecule has 2 nitrogen and oxygen atoms in total. The van der Waals surface area contributed by atoms with Crippen LogP contribution in [-0.2, 0) is 9.53 Å². The number of esters is 1. The first-order valence-electron chi connectivity index (χ1n) is 3.98. The van der Waals surface area contributed by atoms with Crippen LogP contribution in [0, 0.1) is 5.92 Å². The minimum atomic E-state index is 0.0122. The molecule has 59 valence electrons. The van der Waals surface area contributed by atoms with Gasteiger partial charge in [0.1, 0.15) is 7.28 Å². The molecule has 2 heterocycles. The average Bonchev–Trinajstić information content (AvgIpc) is 2.73. The summed E-state index contributed by atoms with van der Waals surface area (Å²) in [5, 5.41) is 0.739. The van der Waals surface area contributed by atoms with Crippen molar-refractivity contribution in [3.05, 3.63) is 0 Å². The lowest BCUT2D eigenvalue weighted by molar-refractivity contribution is -0.140. The molecule has 2 aliphatic rings. The van der Waals surface area contributed by atoms with Crippen LogP contribution in [0.15, 0.2) is 0 Å². The van der Waals surface area contributed by atoms with Crippen molar-refractivity contribution in [1.29, 1.82) is 0 Å². The first-order chi connectivity index (χ1) is 5.36. The van der Waals surface area contributed by atoms with Crippen molar-refractivity contribution in [2.24, 2.45) is 5.92 Å². The summed E-state index contributed by atoms with van der Waals surface area (Å²) in [5.41, 5.74) is 0. The number of ether oxygens (including phenoxy) is 1. The molecule has 2 aliphatic heterocycles. The third-order valence-corrected chi connectivity index (χ3v) is 3.39. The van der Waals surface area contributed by atoms with Crippen molar-refractivity contribution >= 4 is 25.0 Å². The van der Waals surface area contributed by atoms with Gasteiger partial charge in [0.15, 0.2) is 0 Å². The second-order valence-corrected chi connectivity index (χ2v) is 4.27. The summed E-state index contributed by atoms with van der Waals surface area (Å²) in [6, 6.07) is 0. The summed E-state index contributed by atoms with van der Waals surface area (Å²) in [4.78, 5) is 11.0. The molecule has 2 unspecified atom stereocenters. The van der Waals surface area contributed by atoms with Crippen LogP contribution in [0.25, 0.3) is 0 Å². The van der Waals surface area contributed by atoms with Crippen molar-refractivity contribution in [1.82, 2.24) is 0 Å². The molecule has 0 saturated carbocycles. The fourth-order valence-corrected chi connectivity index (χ4v) is 2.29. The smallest absolute Gasteiger partial charge is 0.309 e. The number of cyclic esters (lactones) is 1. The quantitative estimate of drug-likeness (QED) is 0.460. The van der Waals surface area contributed by atoms with Crippen molar-refractivity contribution in [3.8, 4) is 0 Å². The van der Waals surface area contributed by atoms with E-state index in [-0.39, 0.29) is 11.9 Å². The minimum absolute atomic E-state index is 0.0122. The molecule has 0 spiro atoms. The Bertz CT molecular complexity index is 170. The van der Waals surface area contributed by atoms with Crippen LogP contribution in [0.4, 0.5) is 0 Å². The van der Waals surface area contributed by atoms with Gasteiger partial charge in [-0.25, -0.2) is 0 Å². The predicted molar refractivity (Wildman–Crippen MR) is 45.9 cm³/mol. The van der Waals surface area contributed by atoms with E-state index in [0.29, 0.717) is 6.61 Å². The summed E-state index contributed by atoms with van der Waals surface area (Å²) in [7, 11) is 2.27. The van der Waals surface area contributed by atoms with Crippen molar-refractivity contribution in [3.63, 3.8) is 0 Å². The molecule has 1 radical (unpaired) electrons. The Morgan fingerprint density at radius 2 is 2.55 bits per heavy atom. The Morgan fingerprint density at radius 3 is 3.09 bits per heavy atom. The first-order valence-corrected chi connectivity index (χ1v) is 5.03. The second kappa shape index (κ2) is 3.09. The second-order valence-electron chi connectivity index (χ2n) is 3.00. The predicted octanol–water partition coefficient (Wildman–Crippen LogP) is 0.745. The number of thioether (sulfide) groups is 1. The van der Waals surface area contributed by atoms with Gasteiger partial charge in [-0.05, 0) is 11.6 Å². The largest absolute Gasteiger partial charge is 0.465 e. The fourth-order valence-electron chi connectivity index (χ4n) is 1.12. The highest BCUT2D eigenvalue weighted by Gasteiger charge is 2.30. The Balaban J connectivity index is 1.71. The van der Waals surface area contributed by atoms with Gasteiger partial charge in [0.2, 0.25) is 0 Å². The molecule has 0 aliphatic carbocycles.